The first-order valence-electron chi connectivity index (χ1n) is 8.57. The van der Waals surface area contributed by atoms with E-state index in [4.69, 9.17) is 13.9 Å². The third-order valence-corrected chi connectivity index (χ3v) is 3.77. The fourth-order valence-electron chi connectivity index (χ4n) is 2.56. The van der Waals surface area contributed by atoms with Crippen LogP contribution in [0, 0.1) is 0 Å². The van der Waals surface area contributed by atoms with E-state index in [-0.39, 0.29) is 43.1 Å². The lowest BCUT2D eigenvalue weighted by molar-refractivity contribution is -0.0505. The zero-order chi connectivity index (χ0) is 19.1. The van der Waals surface area contributed by atoms with Crippen molar-refractivity contribution in [1.29, 1.82) is 0 Å². The molecule has 1 aromatic heterocycles. The fourth-order valence-corrected chi connectivity index (χ4v) is 2.56. The highest BCUT2D eigenvalue weighted by Gasteiger charge is 2.20. The number of alkyl halides is 2. The molecule has 1 aliphatic rings. The number of nitrogens with one attached hydrogen (secondary N) is 2. The first-order chi connectivity index (χ1) is 13.2. The molecule has 1 aliphatic heterocycles. The molecule has 0 saturated heterocycles. The molecule has 7 nitrogen and oxygen atoms in total. The zero-order valence-corrected chi connectivity index (χ0v) is 17.6. The van der Waals surface area contributed by atoms with E-state index in [9.17, 15) is 8.78 Å². The molecular formula is C18H22F2IN3O4. The summed E-state index contributed by atoms with van der Waals surface area (Å²) in [4.78, 5) is 4.44. The second-order valence-corrected chi connectivity index (χ2v) is 5.64. The Bertz CT molecular complexity index is 772. The maximum absolute atomic E-state index is 12.7. The normalized spacial score (nSPS) is 12.6. The maximum Gasteiger partial charge on any atom is 0.387 e. The molecule has 2 heterocycles. The third kappa shape index (κ3) is 6.14. The van der Waals surface area contributed by atoms with Gasteiger partial charge in [-0.1, -0.05) is 0 Å². The molecule has 0 atom stereocenters. The Kier molecular flexibility index (Phi) is 8.61. The van der Waals surface area contributed by atoms with Gasteiger partial charge >= 0.3 is 6.61 Å². The highest BCUT2D eigenvalue weighted by Crippen LogP contribution is 2.39. The van der Waals surface area contributed by atoms with Gasteiger partial charge in [-0.05, 0) is 25.1 Å². The number of furan rings is 1. The predicted octanol–water partition coefficient (Wildman–Crippen LogP) is 3.53. The maximum atomic E-state index is 12.7. The van der Waals surface area contributed by atoms with E-state index in [1.165, 1.54) is 6.07 Å². The van der Waals surface area contributed by atoms with Crippen molar-refractivity contribution in [3.05, 3.63) is 41.9 Å². The number of hydrogen-bond acceptors (Lipinski definition) is 5. The largest absolute Gasteiger partial charge is 0.469 e. The molecule has 28 heavy (non-hydrogen) atoms. The molecule has 10 heteroatoms. The number of guanidine groups is 1. The van der Waals surface area contributed by atoms with E-state index >= 15 is 0 Å². The molecule has 154 valence electrons. The summed E-state index contributed by atoms with van der Waals surface area (Å²) in [5, 5.41) is 6.28. The number of aliphatic imine (C=N–C) groups is 1. The number of fused-ring (bicyclic) bond motifs is 1. The number of rotatable bonds is 8. The lowest BCUT2D eigenvalue weighted by Gasteiger charge is -2.13. The standard InChI is InChI=1S/C18H21F2N3O4.HI/c1-2-21-18(22-6-5-13-4-3-7-24-13)23-10-12-8-15-16(26-11-25-15)9-14(12)27-17(19)20;/h3-4,7-9,17H,2,5-6,10-11H2,1H3,(H2,21,22,23);1H. The molecule has 3 rings (SSSR count). The minimum atomic E-state index is -2.94. The van der Waals surface area contributed by atoms with Gasteiger partial charge in [0.15, 0.2) is 17.5 Å². The lowest BCUT2D eigenvalue weighted by atomic mass is 10.1. The van der Waals surface area contributed by atoms with Gasteiger partial charge in [-0.2, -0.15) is 8.78 Å². The van der Waals surface area contributed by atoms with Gasteiger partial charge in [-0.25, -0.2) is 4.99 Å². The van der Waals surface area contributed by atoms with Crippen LogP contribution in [0.5, 0.6) is 17.2 Å². The molecular weight excluding hydrogens is 487 g/mol. The molecule has 0 aliphatic carbocycles. The molecule has 0 spiro atoms. The van der Waals surface area contributed by atoms with Crippen molar-refractivity contribution in [3.63, 3.8) is 0 Å². The van der Waals surface area contributed by atoms with Crippen LogP contribution in [0.25, 0.3) is 0 Å². The highest BCUT2D eigenvalue weighted by atomic mass is 127. The zero-order valence-electron chi connectivity index (χ0n) is 15.2. The molecule has 0 saturated carbocycles. The van der Waals surface area contributed by atoms with Gasteiger partial charge < -0.3 is 29.3 Å². The molecule has 0 bridgehead atoms. The van der Waals surface area contributed by atoms with Crippen LogP contribution in [0.3, 0.4) is 0 Å². The minimum absolute atomic E-state index is 0. The van der Waals surface area contributed by atoms with Crippen molar-refractivity contribution >= 4 is 29.9 Å². The summed E-state index contributed by atoms with van der Waals surface area (Å²) in [5.74, 6) is 2.30. The van der Waals surface area contributed by atoms with Gasteiger partial charge in [0.25, 0.3) is 0 Å². The van der Waals surface area contributed by atoms with Gasteiger partial charge in [-0.3, -0.25) is 0 Å². The Labute approximate surface area is 178 Å². The Hall–Kier alpha value is -2.24. The number of halogens is 3. The van der Waals surface area contributed by atoms with E-state index < -0.39 is 6.61 Å². The molecule has 0 radical (unpaired) electrons. The van der Waals surface area contributed by atoms with Crippen LogP contribution in [-0.2, 0) is 13.0 Å². The molecule has 0 amide bonds. The molecule has 0 unspecified atom stereocenters. The average molecular weight is 509 g/mol. The summed E-state index contributed by atoms with van der Waals surface area (Å²) in [6.45, 7) is 0.458. The molecule has 2 aromatic rings. The van der Waals surface area contributed by atoms with E-state index in [1.807, 2.05) is 19.1 Å². The van der Waals surface area contributed by atoms with Gasteiger partial charge in [0.1, 0.15) is 11.5 Å². The number of ether oxygens (including phenoxy) is 3. The summed E-state index contributed by atoms with van der Waals surface area (Å²) in [7, 11) is 0. The van der Waals surface area contributed by atoms with Crippen LogP contribution >= 0.6 is 24.0 Å². The molecule has 2 N–H and O–H groups in total. The van der Waals surface area contributed by atoms with Crippen molar-refractivity contribution < 1.29 is 27.4 Å². The summed E-state index contributed by atoms with van der Waals surface area (Å²) in [5.41, 5.74) is 0.475. The van der Waals surface area contributed by atoms with Gasteiger partial charge in [0.05, 0.1) is 12.8 Å². The van der Waals surface area contributed by atoms with Gasteiger partial charge in [0, 0.05) is 31.1 Å². The summed E-state index contributed by atoms with van der Waals surface area (Å²) < 4.78 is 45.8. The van der Waals surface area contributed by atoms with E-state index in [0.717, 1.165) is 5.76 Å². The highest BCUT2D eigenvalue weighted by molar-refractivity contribution is 14.0. The second kappa shape index (κ2) is 10.9. The predicted molar refractivity (Wildman–Crippen MR) is 110 cm³/mol. The fraction of sp³-hybridized carbons (Fsp3) is 0.389. The Balaban J connectivity index is 0.00000280. The smallest absolute Gasteiger partial charge is 0.387 e. The van der Waals surface area contributed by atoms with Crippen molar-refractivity contribution in [3.8, 4) is 17.2 Å². The Morgan fingerprint density at radius 2 is 2.04 bits per heavy atom. The quantitative estimate of drug-likeness (QED) is 0.322. The van der Waals surface area contributed by atoms with Crippen LogP contribution in [0.1, 0.15) is 18.2 Å². The van der Waals surface area contributed by atoms with Crippen molar-refractivity contribution in [2.45, 2.75) is 26.5 Å². The molecule has 1 aromatic carbocycles. The van der Waals surface area contributed by atoms with Gasteiger partial charge in [0.2, 0.25) is 6.79 Å². The number of benzene rings is 1. The molecule has 0 fully saturated rings. The van der Waals surface area contributed by atoms with Crippen LogP contribution in [0.15, 0.2) is 39.9 Å². The van der Waals surface area contributed by atoms with E-state index in [2.05, 4.69) is 20.4 Å². The van der Waals surface area contributed by atoms with Crippen LogP contribution in [-0.4, -0.2) is 32.5 Å². The van der Waals surface area contributed by atoms with E-state index in [1.54, 1.807) is 12.3 Å². The average Bonchev–Trinajstić information content (AvgIpc) is 3.30. The first-order valence-corrected chi connectivity index (χ1v) is 8.57. The first kappa shape index (κ1) is 22.1. The van der Waals surface area contributed by atoms with E-state index in [0.29, 0.717) is 42.5 Å². The monoisotopic (exact) mass is 509 g/mol. The summed E-state index contributed by atoms with van der Waals surface area (Å²) in [6, 6.07) is 6.73. The number of nitrogens with zero attached hydrogens (tertiary/aromatic N) is 1. The van der Waals surface area contributed by atoms with Crippen LogP contribution in [0.4, 0.5) is 8.78 Å². The van der Waals surface area contributed by atoms with Crippen LogP contribution in [0.2, 0.25) is 0 Å². The van der Waals surface area contributed by atoms with Crippen molar-refractivity contribution in [1.82, 2.24) is 10.6 Å². The third-order valence-electron chi connectivity index (χ3n) is 3.77. The lowest BCUT2D eigenvalue weighted by Crippen LogP contribution is -2.38. The second-order valence-electron chi connectivity index (χ2n) is 5.64. The number of hydrogen-bond donors (Lipinski definition) is 2. The Morgan fingerprint density at radius 1 is 1.25 bits per heavy atom. The minimum Gasteiger partial charge on any atom is -0.469 e. The van der Waals surface area contributed by atoms with Gasteiger partial charge in [-0.15, -0.1) is 24.0 Å². The summed E-state index contributed by atoms with van der Waals surface area (Å²) >= 11 is 0. The van der Waals surface area contributed by atoms with Crippen LogP contribution < -0.4 is 24.8 Å². The summed E-state index contributed by atoms with van der Waals surface area (Å²) in [6.07, 6.45) is 2.32. The Morgan fingerprint density at radius 3 is 2.71 bits per heavy atom. The SMILES string of the molecule is CCNC(=NCc1cc2c(cc1OC(F)F)OCO2)NCCc1ccco1.I. The van der Waals surface area contributed by atoms with Crippen molar-refractivity contribution in [2.24, 2.45) is 4.99 Å². The topological polar surface area (TPSA) is 77.3 Å². The van der Waals surface area contributed by atoms with Crippen molar-refractivity contribution in [2.75, 3.05) is 19.9 Å².